The van der Waals surface area contributed by atoms with Crippen molar-refractivity contribution in [2.45, 2.75) is 18.9 Å². The summed E-state index contributed by atoms with van der Waals surface area (Å²) >= 11 is 1.52. The number of hydrogen-bond acceptors (Lipinski definition) is 3. The fourth-order valence-electron chi connectivity index (χ4n) is 1.95. The smallest absolute Gasteiger partial charge is 0.263 e. The van der Waals surface area contributed by atoms with Crippen LogP contribution in [0.15, 0.2) is 17.5 Å². The van der Waals surface area contributed by atoms with Gasteiger partial charge in [0.15, 0.2) is 0 Å². The number of nitrogens with one attached hydrogen (secondary N) is 1. The molecule has 1 aliphatic rings. The van der Waals surface area contributed by atoms with Crippen molar-refractivity contribution in [3.63, 3.8) is 0 Å². The number of hydrogen-bond donors (Lipinski definition) is 1. The van der Waals surface area contributed by atoms with E-state index in [9.17, 15) is 4.79 Å². The summed E-state index contributed by atoms with van der Waals surface area (Å²) < 4.78 is 0. The molecule has 0 saturated carbocycles. The van der Waals surface area contributed by atoms with E-state index in [0.29, 0.717) is 6.04 Å². The third kappa shape index (κ3) is 2.38. The molecule has 1 atom stereocenters. The van der Waals surface area contributed by atoms with Gasteiger partial charge in [-0.25, -0.2) is 0 Å². The summed E-state index contributed by atoms with van der Waals surface area (Å²) in [6.45, 7) is 1.74. The van der Waals surface area contributed by atoms with E-state index in [1.165, 1.54) is 17.8 Å². The molecule has 1 unspecified atom stereocenters. The van der Waals surface area contributed by atoms with Gasteiger partial charge in [0, 0.05) is 19.1 Å². The van der Waals surface area contributed by atoms with E-state index in [-0.39, 0.29) is 5.91 Å². The standard InChI is InChI=1S/C11H16N2OS/c1-12-9-4-2-6-13(8-9)11(14)10-5-3-7-15-10/h3,5,7,9,12H,2,4,6,8H2,1H3. The zero-order valence-corrected chi connectivity index (χ0v) is 9.72. The first-order valence-corrected chi connectivity index (χ1v) is 6.19. The van der Waals surface area contributed by atoms with E-state index < -0.39 is 0 Å². The number of piperidine rings is 1. The van der Waals surface area contributed by atoms with Crippen molar-refractivity contribution < 1.29 is 4.79 Å². The van der Waals surface area contributed by atoms with Gasteiger partial charge in [0.2, 0.25) is 0 Å². The minimum Gasteiger partial charge on any atom is -0.336 e. The van der Waals surface area contributed by atoms with E-state index in [4.69, 9.17) is 0 Å². The Balaban J connectivity index is 2.01. The molecule has 1 aromatic rings. The van der Waals surface area contributed by atoms with Crippen LogP contribution in [0, 0.1) is 0 Å². The molecular formula is C11H16N2OS. The first kappa shape index (κ1) is 10.6. The SMILES string of the molecule is CNC1CCCN(C(=O)c2cccs2)C1. The molecule has 1 aliphatic heterocycles. The van der Waals surface area contributed by atoms with Gasteiger partial charge in [0.05, 0.1) is 4.88 Å². The fourth-order valence-corrected chi connectivity index (χ4v) is 2.64. The lowest BCUT2D eigenvalue weighted by molar-refractivity contribution is 0.0703. The van der Waals surface area contributed by atoms with Crippen molar-refractivity contribution in [3.05, 3.63) is 22.4 Å². The number of thiophene rings is 1. The highest BCUT2D eigenvalue weighted by Crippen LogP contribution is 2.16. The summed E-state index contributed by atoms with van der Waals surface area (Å²) in [7, 11) is 1.96. The molecule has 1 amide bonds. The number of likely N-dealkylation sites (tertiary alicyclic amines) is 1. The number of likely N-dealkylation sites (N-methyl/N-ethyl adjacent to an activating group) is 1. The third-order valence-electron chi connectivity index (χ3n) is 2.85. The van der Waals surface area contributed by atoms with Crippen LogP contribution >= 0.6 is 11.3 Å². The maximum atomic E-state index is 12.0. The highest BCUT2D eigenvalue weighted by molar-refractivity contribution is 7.12. The second kappa shape index (κ2) is 4.77. The monoisotopic (exact) mass is 224 g/mol. The predicted octanol–water partition coefficient (Wildman–Crippen LogP) is 1.57. The molecule has 1 aromatic heterocycles. The molecule has 1 fully saturated rings. The molecule has 1 saturated heterocycles. The van der Waals surface area contributed by atoms with Gasteiger partial charge in [-0.2, -0.15) is 0 Å². The molecule has 2 heterocycles. The summed E-state index contributed by atoms with van der Waals surface area (Å²) in [5, 5.41) is 5.19. The van der Waals surface area contributed by atoms with Gasteiger partial charge in [0.1, 0.15) is 0 Å². The van der Waals surface area contributed by atoms with E-state index >= 15 is 0 Å². The molecule has 0 aliphatic carbocycles. The number of amides is 1. The summed E-state index contributed by atoms with van der Waals surface area (Å²) in [5.41, 5.74) is 0. The molecule has 3 nitrogen and oxygen atoms in total. The zero-order valence-electron chi connectivity index (χ0n) is 8.90. The Morgan fingerprint density at radius 3 is 3.20 bits per heavy atom. The van der Waals surface area contributed by atoms with E-state index in [1.54, 1.807) is 0 Å². The Bertz CT molecular complexity index is 323. The molecule has 0 radical (unpaired) electrons. The van der Waals surface area contributed by atoms with Crippen molar-refractivity contribution in [1.82, 2.24) is 10.2 Å². The summed E-state index contributed by atoms with van der Waals surface area (Å²) in [6.07, 6.45) is 2.27. The molecule has 0 bridgehead atoms. The van der Waals surface area contributed by atoms with Gasteiger partial charge in [-0.1, -0.05) is 6.07 Å². The van der Waals surface area contributed by atoms with Crippen molar-refractivity contribution >= 4 is 17.2 Å². The lowest BCUT2D eigenvalue weighted by Crippen LogP contribution is -2.46. The van der Waals surface area contributed by atoms with Crippen molar-refractivity contribution in [3.8, 4) is 0 Å². The summed E-state index contributed by atoms with van der Waals surface area (Å²) in [4.78, 5) is 14.8. The first-order valence-electron chi connectivity index (χ1n) is 5.31. The van der Waals surface area contributed by atoms with Crippen LogP contribution in [0.1, 0.15) is 22.5 Å². The van der Waals surface area contributed by atoms with E-state index in [0.717, 1.165) is 24.4 Å². The molecule has 15 heavy (non-hydrogen) atoms. The van der Waals surface area contributed by atoms with Crippen LogP contribution in [0.25, 0.3) is 0 Å². The number of nitrogens with zero attached hydrogens (tertiary/aromatic N) is 1. The topological polar surface area (TPSA) is 32.3 Å². The maximum Gasteiger partial charge on any atom is 0.263 e. The molecule has 82 valence electrons. The Labute approximate surface area is 94.1 Å². The number of carbonyl (C=O) groups excluding carboxylic acids is 1. The van der Waals surface area contributed by atoms with Crippen molar-refractivity contribution in [1.29, 1.82) is 0 Å². The van der Waals surface area contributed by atoms with Crippen LogP contribution in [-0.4, -0.2) is 37.0 Å². The van der Waals surface area contributed by atoms with Gasteiger partial charge in [-0.05, 0) is 31.3 Å². The molecular weight excluding hydrogens is 208 g/mol. The Morgan fingerprint density at radius 2 is 2.53 bits per heavy atom. The first-order chi connectivity index (χ1) is 7.31. The summed E-state index contributed by atoms with van der Waals surface area (Å²) in [6, 6.07) is 4.29. The van der Waals surface area contributed by atoms with Gasteiger partial charge in [-0.3, -0.25) is 4.79 Å². The average molecular weight is 224 g/mol. The van der Waals surface area contributed by atoms with Crippen LogP contribution in [0.2, 0.25) is 0 Å². The predicted molar refractivity (Wildman–Crippen MR) is 62.3 cm³/mol. The molecule has 0 spiro atoms. The molecule has 0 aromatic carbocycles. The van der Waals surface area contributed by atoms with Crippen molar-refractivity contribution in [2.75, 3.05) is 20.1 Å². The molecule has 1 N–H and O–H groups in total. The van der Waals surface area contributed by atoms with E-state index in [2.05, 4.69) is 5.32 Å². The summed E-state index contributed by atoms with van der Waals surface area (Å²) in [5.74, 6) is 0.185. The van der Waals surface area contributed by atoms with Gasteiger partial charge in [-0.15, -0.1) is 11.3 Å². The van der Waals surface area contributed by atoms with Crippen LogP contribution in [-0.2, 0) is 0 Å². The lowest BCUT2D eigenvalue weighted by Gasteiger charge is -2.32. The number of rotatable bonds is 2. The number of carbonyl (C=O) groups is 1. The van der Waals surface area contributed by atoms with Crippen LogP contribution in [0.3, 0.4) is 0 Å². The fraction of sp³-hybridized carbons (Fsp3) is 0.545. The van der Waals surface area contributed by atoms with Crippen LogP contribution < -0.4 is 5.32 Å². The van der Waals surface area contributed by atoms with Crippen LogP contribution in [0.5, 0.6) is 0 Å². The normalized spacial score (nSPS) is 21.7. The molecule has 2 rings (SSSR count). The zero-order chi connectivity index (χ0) is 10.7. The Morgan fingerprint density at radius 1 is 1.67 bits per heavy atom. The second-order valence-electron chi connectivity index (χ2n) is 3.86. The quantitative estimate of drug-likeness (QED) is 0.827. The minimum atomic E-state index is 0.185. The Kier molecular flexibility index (Phi) is 3.38. The molecule has 4 heteroatoms. The lowest BCUT2D eigenvalue weighted by atomic mass is 10.1. The Hall–Kier alpha value is -0.870. The average Bonchev–Trinajstić information content (AvgIpc) is 2.81. The van der Waals surface area contributed by atoms with Gasteiger partial charge >= 0.3 is 0 Å². The highest BCUT2D eigenvalue weighted by atomic mass is 32.1. The van der Waals surface area contributed by atoms with Gasteiger partial charge in [0.25, 0.3) is 5.91 Å². The minimum absolute atomic E-state index is 0.185. The highest BCUT2D eigenvalue weighted by Gasteiger charge is 2.23. The van der Waals surface area contributed by atoms with Crippen LogP contribution in [0.4, 0.5) is 0 Å². The van der Waals surface area contributed by atoms with Crippen molar-refractivity contribution in [2.24, 2.45) is 0 Å². The third-order valence-corrected chi connectivity index (χ3v) is 3.71. The van der Waals surface area contributed by atoms with E-state index in [1.807, 2.05) is 29.5 Å². The maximum absolute atomic E-state index is 12.0. The largest absolute Gasteiger partial charge is 0.336 e. The second-order valence-corrected chi connectivity index (χ2v) is 4.80. The van der Waals surface area contributed by atoms with Gasteiger partial charge < -0.3 is 10.2 Å².